The molecule has 0 saturated heterocycles. The number of aliphatic hydroxyl groups excluding tert-OH is 1. The first-order valence-corrected chi connectivity index (χ1v) is 6.34. The van der Waals surface area contributed by atoms with Gasteiger partial charge in [0, 0.05) is 5.56 Å². The van der Waals surface area contributed by atoms with Gasteiger partial charge in [0.1, 0.15) is 5.75 Å². The minimum Gasteiger partial charge on any atom is -0.496 e. The second kappa shape index (κ2) is 6.20. The van der Waals surface area contributed by atoms with E-state index in [1.807, 2.05) is 19.9 Å². The predicted molar refractivity (Wildman–Crippen MR) is 71.8 cm³/mol. The maximum atomic E-state index is 11.4. The molecule has 0 bridgehead atoms. The SMILES string of the molecule is COC(=O)C(O)c1cc(C(C)C)cc(OC)c1Br. The predicted octanol–water partition coefficient (Wildman–Crippen LogP) is 2.79. The fourth-order valence-electron chi connectivity index (χ4n) is 1.56. The quantitative estimate of drug-likeness (QED) is 0.868. The Hall–Kier alpha value is -1.07. The third-order valence-corrected chi connectivity index (χ3v) is 3.54. The molecule has 5 heteroatoms. The van der Waals surface area contributed by atoms with Gasteiger partial charge in [-0.2, -0.15) is 0 Å². The normalized spacial score (nSPS) is 12.4. The number of halogens is 1. The number of methoxy groups -OCH3 is 2. The summed E-state index contributed by atoms with van der Waals surface area (Å²) in [6, 6.07) is 3.65. The van der Waals surface area contributed by atoms with Crippen molar-refractivity contribution in [3.05, 3.63) is 27.7 Å². The van der Waals surface area contributed by atoms with E-state index in [1.54, 1.807) is 13.2 Å². The first-order chi connectivity index (χ1) is 8.42. The van der Waals surface area contributed by atoms with Crippen LogP contribution in [0.5, 0.6) is 5.75 Å². The van der Waals surface area contributed by atoms with Crippen molar-refractivity contribution in [2.24, 2.45) is 0 Å². The van der Waals surface area contributed by atoms with Gasteiger partial charge < -0.3 is 14.6 Å². The average molecular weight is 317 g/mol. The highest BCUT2D eigenvalue weighted by molar-refractivity contribution is 9.10. The van der Waals surface area contributed by atoms with Crippen LogP contribution in [0.15, 0.2) is 16.6 Å². The van der Waals surface area contributed by atoms with E-state index in [4.69, 9.17) is 4.74 Å². The lowest BCUT2D eigenvalue weighted by atomic mass is 9.98. The Morgan fingerprint density at radius 3 is 2.39 bits per heavy atom. The van der Waals surface area contributed by atoms with Gasteiger partial charge in [-0.15, -0.1) is 0 Å². The number of carbonyl (C=O) groups excluding carboxylic acids is 1. The molecule has 100 valence electrons. The van der Waals surface area contributed by atoms with Crippen LogP contribution in [0.4, 0.5) is 0 Å². The summed E-state index contributed by atoms with van der Waals surface area (Å²) in [4.78, 5) is 11.4. The standard InChI is InChI=1S/C13H17BrO4/c1-7(2)8-5-9(12(15)13(16)18-4)11(14)10(6-8)17-3/h5-7,12,15H,1-4H3. The van der Waals surface area contributed by atoms with Crippen LogP contribution in [0.25, 0.3) is 0 Å². The van der Waals surface area contributed by atoms with E-state index >= 15 is 0 Å². The van der Waals surface area contributed by atoms with Gasteiger partial charge in [-0.3, -0.25) is 0 Å². The molecular formula is C13H17BrO4. The largest absolute Gasteiger partial charge is 0.496 e. The first kappa shape index (κ1) is 15.0. The minimum atomic E-state index is -1.32. The van der Waals surface area contributed by atoms with Crippen molar-refractivity contribution in [1.82, 2.24) is 0 Å². The number of hydrogen-bond acceptors (Lipinski definition) is 4. The fourth-order valence-corrected chi connectivity index (χ4v) is 2.17. The molecule has 1 atom stereocenters. The Morgan fingerprint density at radius 1 is 1.33 bits per heavy atom. The molecule has 0 aliphatic rings. The van der Waals surface area contributed by atoms with Gasteiger partial charge in [0.15, 0.2) is 6.10 Å². The smallest absolute Gasteiger partial charge is 0.339 e. The molecule has 1 unspecified atom stereocenters. The summed E-state index contributed by atoms with van der Waals surface area (Å²) in [6.45, 7) is 4.05. The molecular weight excluding hydrogens is 300 g/mol. The molecule has 1 rings (SSSR count). The number of rotatable bonds is 4. The van der Waals surface area contributed by atoms with Gasteiger partial charge in [-0.05, 0) is 33.5 Å². The molecule has 0 aromatic heterocycles. The monoisotopic (exact) mass is 316 g/mol. The van der Waals surface area contributed by atoms with Crippen LogP contribution in [-0.2, 0) is 9.53 Å². The topological polar surface area (TPSA) is 55.8 Å². The third kappa shape index (κ3) is 3.03. The number of esters is 1. The van der Waals surface area contributed by atoms with E-state index in [9.17, 15) is 9.90 Å². The minimum absolute atomic E-state index is 0.260. The third-order valence-electron chi connectivity index (χ3n) is 2.70. The molecule has 4 nitrogen and oxygen atoms in total. The van der Waals surface area contributed by atoms with Gasteiger partial charge in [0.25, 0.3) is 0 Å². The number of ether oxygens (including phenoxy) is 2. The molecule has 1 aromatic rings. The van der Waals surface area contributed by atoms with Crippen molar-refractivity contribution in [3.8, 4) is 5.75 Å². The highest BCUT2D eigenvalue weighted by atomic mass is 79.9. The maximum Gasteiger partial charge on any atom is 0.339 e. The highest BCUT2D eigenvalue weighted by Gasteiger charge is 2.23. The molecule has 0 radical (unpaired) electrons. The zero-order chi connectivity index (χ0) is 13.9. The van der Waals surface area contributed by atoms with Crippen molar-refractivity contribution in [3.63, 3.8) is 0 Å². The van der Waals surface area contributed by atoms with Crippen molar-refractivity contribution < 1.29 is 19.4 Å². The Kier molecular flexibility index (Phi) is 5.16. The molecule has 0 aliphatic carbocycles. The van der Waals surface area contributed by atoms with Gasteiger partial charge in [-0.1, -0.05) is 19.9 Å². The summed E-state index contributed by atoms with van der Waals surface area (Å²) >= 11 is 3.33. The number of carbonyl (C=O) groups is 1. The second-order valence-electron chi connectivity index (χ2n) is 4.21. The molecule has 0 saturated carbocycles. The van der Waals surface area contributed by atoms with Gasteiger partial charge >= 0.3 is 5.97 Å². The number of aliphatic hydroxyl groups is 1. The van der Waals surface area contributed by atoms with Crippen LogP contribution in [0, 0.1) is 0 Å². The Labute approximate surface area is 115 Å². The van der Waals surface area contributed by atoms with Crippen LogP contribution in [0.3, 0.4) is 0 Å². The molecule has 0 heterocycles. The zero-order valence-corrected chi connectivity index (χ0v) is 12.4. The molecule has 0 amide bonds. The van der Waals surface area contributed by atoms with Gasteiger partial charge in [-0.25, -0.2) is 4.79 Å². The van der Waals surface area contributed by atoms with E-state index in [2.05, 4.69) is 20.7 Å². The summed E-state index contributed by atoms with van der Waals surface area (Å²) in [5.74, 6) is 0.147. The van der Waals surface area contributed by atoms with Gasteiger partial charge in [0.2, 0.25) is 0 Å². The van der Waals surface area contributed by atoms with E-state index in [1.165, 1.54) is 7.11 Å². The Balaban J connectivity index is 3.33. The summed E-state index contributed by atoms with van der Waals surface area (Å²) in [5, 5.41) is 9.94. The molecule has 0 fully saturated rings. The van der Waals surface area contributed by atoms with Crippen LogP contribution < -0.4 is 4.74 Å². The summed E-state index contributed by atoms with van der Waals surface area (Å²) in [5.41, 5.74) is 1.43. The van der Waals surface area contributed by atoms with Crippen LogP contribution in [-0.4, -0.2) is 25.3 Å². The van der Waals surface area contributed by atoms with Crippen molar-refractivity contribution in [1.29, 1.82) is 0 Å². The van der Waals surface area contributed by atoms with E-state index in [0.717, 1.165) is 5.56 Å². The Morgan fingerprint density at radius 2 is 1.94 bits per heavy atom. The van der Waals surface area contributed by atoms with E-state index in [-0.39, 0.29) is 5.92 Å². The molecule has 0 spiro atoms. The van der Waals surface area contributed by atoms with Crippen LogP contribution in [0.1, 0.15) is 37.0 Å². The molecule has 0 aliphatic heterocycles. The van der Waals surface area contributed by atoms with Crippen molar-refractivity contribution in [2.75, 3.05) is 14.2 Å². The van der Waals surface area contributed by atoms with E-state index < -0.39 is 12.1 Å². The van der Waals surface area contributed by atoms with E-state index in [0.29, 0.717) is 15.8 Å². The highest BCUT2D eigenvalue weighted by Crippen LogP contribution is 2.36. The fraction of sp³-hybridized carbons (Fsp3) is 0.462. The summed E-state index contributed by atoms with van der Waals surface area (Å²) in [6.07, 6.45) is -1.32. The lowest BCUT2D eigenvalue weighted by Crippen LogP contribution is -2.14. The van der Waals surface area contributed by atoms with Crippen LogP contribution in [0.2, 0.25) is 0 Å². The maximum absolute atomic E-state index is 11.4. The van der Waals surface area contributed by atoms with Gasteiger partial charge in [0.05, 0.1) is 18.7 Å². The first-order valence-electron chi connectivity index (χ1n) is 5.55. The lowest BCUT2D eigenvalue weighted by Gasteiger charge is -2.17. The Bertz CT molecular complexity index is 443. The number of hydrogen-bond donors (Lipinski definition) is 1. The number of benzene rings is 1. The summed E-state index contributed by atoms with van der Waals surface area (Å²) < 4.78 is 10.3. The summed E-state index contributed by atoms with van der Waals surface area (Å²) in [7, 11) is 2.78. The van der Waals surface area contributed by atoms with Crippen molar-refractivity contribution >= 4 is 21.9 Å². The second-order valence-corrected chi connectivity index (χ2v) is 5.00. The molecule has 1 N–H and O–H groups in total. The molecule has 18 heavy (non-hydrogen) atoms. The zero-order valence-electron chi connectivity index (χ0n) is 10.9. The van der Waals surface area contributed by atoms with Crippen molar-refractivity contribution in [2.45, 2.75) is 25.9 Å². The average Bonchev–Trinajstić information content (AvgIpc) is 2.36. The van der Waals surface area contributed by atoms with Crippen LogP contribution >= 0.6 is 15.9 Å². The molecule has 1 aromatic carbocycles. The lowest BCUT2D eigenvalue weighted by molar-refractivity contribution is -0.150.